The van der Waals surface area contributed by atoms with Gasteiger partial charge >= 0.3 is 6.18 Å². The number of alkyl halides is 3. The van der Waals surface area contributed by atoms with Gasteiger partial charge in [0.1, 0.15) is 12.1 Å². The number of hydrogen-bond donors (Lipinski definition) is 0. The molecule has 0 aliphatic rings. The number of rotatable bonds is 5. The van der Waals surface area contributed by atoms with Gasteiger partial charge in [0, 0.05) is 26.7 Å². The fraction of sp³-hybridized carbons (Fsp3) is 0.375. The summed E-state index contributed by atoms with van der Waals surface area (Å²) in [6, 6.07) is 3.69. The Morgan fingerprint density at radius 3 is 2.46 bits per heavy atom. The largest absolute Gasteiger partial charge is 0.494 e. The minimum Gasteiger partial charge on any atom is -0.494 e. The van der Waals surface area contributed by atoms with Crippen molar-refractivity contribution in [3.63, 3.8) is 0 Å². The molecule has 0 saturated carbocycles. The smallest absolute Gasteiger partial charge is 0.406 e. The maximum absolute atomic E-state index is 13.6. The molecule has 10 heteroatoms. The molecule has 0 atom stereocenters. The molecular formula is C16H17F4N3O3. The third-order valence-electron chi connectivity index (χ3n) is 3.49. The van der Waals surface area contributed by atoms with Crippen molar-refractivity contribution >= 4 is 11.7 Å². The van der Waals surface area contributed by atoms with Gasteiger partial charge in [0.2, 0.25) is 0 Å². The summed E-state index contributed by atoms with van der Waals surface area (Å²) >= 11 is 0. The summed E-state index contributed by atoms with van der Waals surface area (Å²) < 4.78 is 61.6. The predicted octanol–water partition coefficient (Wildman–Crippen LogP) is 3.19. The van der Waals surface area contributed by atoms with Crippen LogP contribution in [0.3, 0.4) is 0 Å². The second kappa shape index (κ2) is 7.22. The van der Waals surface area contributed by atoms with Gasteiger partial charge in [0.15, 0.2) is 23.1 Å². The Morgan fingerprint density at radius 2 is 1.92 bits per heavy atom. The molecule has 1 aromatic heterocycles. The van der Waals surface area contributed by atoms with Crippen LogP contribution in [-0.2, 0) is 0 Å². The van der Waals surface area contributed by atoms with Crippen LogP contribution in [0.1, 0.15) is 10.4 Å². The summed E-state index contributed by atoms with van der Waals surface area (Å²) in [7, 11) is 5.41. The van der Waals surface area contributed by atoms with E-state index in [1.54, 1.807) is 14.1 Å². The zero-order valence-electron chi connectivity index (χ0n) is 14.5. The first-order chi connectivity index (χ1) is 12.0. The van der Waals surface area contributed by atoms with Gasteiger partial charge in [-0.3, -0.25) is 4.79 Å². The van der Waals surface area contributed by atoms with Gasteiger partial charge < -0.3 is 19.1 Å². The standard InChI is InChI=1S/C16H17F4N3O3/c1-22(2)14-12(15(24)23(3)8-16(18,19)20)13(26-21-14)9-5-6-10(17)11(7-9)25-4/h5-7H,8H2,1-4H3. The lowest BCUT2D eigenvalue weighted by atomic mass is 10.1. The number of anilines is 1. The molecule has 1 aromatic carbocycles. The zero-order valence-corrected chi connectivity index (χ0v) is 14.5. The van der Waals surface area contributed by atoms with Crippen molar-refractivity contribution in [2.75, 3.05) is 39.7 Å². The number of nitrogens with zero attached hydrogens (tertiary/aromatic N) is 3. The molecule has 0 aliphatic carbocycles. The highest BCUT2D eigenvalue weighted by Gasteiger charge is 2.35. The molecule has 2 aromatic rings. The van der Waals surface area contributed by atoms with E-state index in [0.717, 1.165) is 13.1 Å². The van der Waals surface area contributed by atoms with E-state index < -0.39 is 24.4 Å². The van der Waals surface area contributed by atoms with E-state index in [9.17, 15) is 22.4 Å². The van der Waals surface area contributed by atoms with Crippen LogP contribution in [0.4, 0.5) is 23.4 Å². The lowest BCUT2D eigenvalue weighted by molar-refractivity contribution is -0.138. The number of carbonyl (C=O) groups is 1. The van der Waals surface area contributed by atoms with Gasteiger partial charge in [-0.15, -0.1) is 0 Å². The van der Waals surface area contributed by atoms with Crippen molar-refractivity contribution in [3.8, 4) is 17.1 Å². The van der Waals surface area contributed by atoms with Gasteiger partial charge in [-0.05, 0) is 18.2 Å². The van der Waals surface area contributed by atoms with Crippen molar-refractivity contribution in [1.82, 2.24) is 10.1 Å². The molecule has 0 fully saturated rings. The van der Waals surface area contributed by atoms with E-state index in [4.69, 9.17) is 9.26 Å². The molecule has 26 heavy (non-hydrogen) atoms. The second-order valence-corrected chi connectivity index (χ2v) is 5.73. The highest BCUT2D eigenvalue weighted by molar-refractivity contribution is 6.04. The first kappa shape index (κ1) is 19.5. The molecule has 1 heterocycles. The Kier molecular flexibility index (Phi) is 5.43. The highest BCUT2D eigenvalue weighted by Crippen LogP contribution is 2.34. The fourth-order valence-corrected chi connectivity index (χ4v) is 2.31. The molecule has 0 saturated heterocycles. The molecule has 2 rings (SSSR count). The van der Waals surface area contributed by atoms with Crippen LogP contribution >= 0.6 is 0 Å². The number of amides is 1. The quantitative estimate of drug-likeness (QED) is 0.752. The average molecular weight is 375 g/mol. The van der Waals surface area contributed by atoms with Gasteiger partial charge in [0.25, 0.3) is 5.91 Å². The van der Waals surface area contributed by atoms with Gasteiger partial charge in [-0.1, -0.05) is 5.16 Å². The molecule has 0 unspecified atom stereocenters. The summed E-state index contributed by atoms with van der Waals surface area (Å²) in [6.45, 7) is -1.43. The van der Waals surface area contributed by atoms with Crippen molar-refractivity contribution in [2.45, 2.75) is 6.18 Å². The highest BCUT2D eigenvalue weighted by atomic mass is 19.4. The van der Waals surface area contributed by atoms with Crippen molar-refractivity contribution in [1.29, 1.82) is 0 Å². The third-order valence-corrected chi connectivity index (χ3v) is 3.49. The normalized spacial score (nSPS) is 11.4. The van der Waals surface area contributed by atoms with Crippen LogP contribution in [0.5, 0.6) is 5.75 Å². The van der Waals surface area contributed by atoms with Gasteiger partial charge in [-0.2, -0.15) is 13.2 Å². The van der Waals surface area contributed by atoms with Gasteiger partial charge in [0.05, 0.1) is 7.11 Å². The van der Waals surface area contributed by atoms with Crippen LogP contribution in [0.25, 0.3) is 11.3 Å². The number of carbonyl (C=O) groups excluding carboxylic acids is 1. The summed E-state index contributed by atoms with van der Waals surface area (Å²) in [6.07, 6.45) is -4.56. The molecule has 142 valence electrons. The SMILES string of the molecule is COc1cc(-c2onc(N(C)C)c2C(=O)N(C)CC(F)(F)F)ccc1F. The van der Waals surface area contributed by atoms with Crippen LogP contribution in [0.2, 0.25) is 0 Å². The van der Waals surface area contributed by atoms with Crippen molar-refractivity contribution in [3.05, 3.63) is 29.6 Å². The monoisotopic (exact) mass is 375 g/mol. The van der Waals surface area contributed by atoms with Crippen LogP contribution in [0.15, 0.2) is 22.7 Å². The van der Waals surface area contributed by atoms with E-state index >= 15 is 0 Å². The Balaban J connectivity index is 2.54. The average Bonchev–Trinajstić information content (AvgIpc) is 2.98. The molecule has 1 amide bonds. The number of ether oxygens (including phenoxy) is 1. The Hall–Kier alpha value is -2.78. The van der Waals surface area contributed by atoms with E-state index in [1.165, 1.54) is 24.1 Å². The lowest BCUT2D eigenvalue weighted by Gasteiger charge is -2.20. The van der Waals surface area contributed by atoms with Gasteiger partial charge in [-0.25, -0.2) is 4.39 Å². The number of hydrogen-bond acceptors (Lipinski definition) is 5. The van der Waals surface area contributed by atoms with Crippen molar-refractivity contribution < 1.29 is 31.6 Å². The van der Waals surface area contributed by atoms with Crippen LogP contribution in [-0.4, -0.2) is 56.9 Å². The fourth-order valence-electron chi connectivity index (χ4n) is 2.31. The summed E-state index contributed by atoms with van der Waals surface area (Å²) in [5.41, 5.74) is 0.0861. The molecule has 6 nitrogen and oxygen atoms in total. The maximum Gasteiger partial charge on any atom is 0.406 e. The molecule has 0 bridgehead atoms. The van der Waals surface area contributed by atoms with Crippen molar-refractivity contribution in [2.24, 2.45) is 0 Å². The summed E-state index contributed by atoms with van der Waals surface area (Å²) in [5, 5.41) is 3.76. The Labute approximate surface area is 146 Å². The number of halogens is 4. The molecule has 0 N–H and O–H groups in total. The second-order valence-electron chi connectivity index (χ2n) is 5.73. The third kappa shape index (κ3) is 4.06. The maximum atomic E-state index is 13.6. The van der Waals surface area contributed by atoms with E-state index in [0.29, 0.717) is 4.90 Å². The Morgan fingerprint density at radius 1 is 1.27 bits per heavy atom. The number of benzene rings is 1. The van der Waals surface area contributed by atoms with Crippen LogP contribution in [0, 0.1) is 5.82 Å². The predicted molar refractivity (Wildman–Crippen MR) is 85.8 cm³/mol. The van der Waals surface area contributed by atoms with E-state index in [1.807, 2.05) is 0 Å². The topological polar surface area (TPSA) is 58.8 Å². The molecule has 0 spiro atoms. The minimum absolute atomic E-state index is 0.0577. The Bertz CT molecular complexity index is 803. The first-order valence-corrected chi connectivity index (χ1v) is 7.38. The number of methoxy groups -OCH3 is 1. The first-order valence-electron chi connectivity index (χ1n) is 7.38. The van der Waals surface area contributed by atoms with E-state index in [2.05, 4.69) is 5.16 Å². The molecule has 0 radical (unpaired) electrons. The van der Waals surface area contributed by atoms with Crippen LogP contribution < -0.4 is 9.64 Å². The minimum atomic E-state index is -4.56. The zero-order chi connectivity index (χ0) is 19.6. The van der Waals surface area contributed by atoms with E-state index in [-0.39, 0.29) is 28.5 Å². The summed E-state index contributed by atoms with van der Waals surface area (Å²) in [4.78, 5) is 14.6. The molecular weight excluding hydrogens is 358 g/mol. The summed E-state index contributed by atoms with van der Waals surface area (Å²) in [5.74, 6) is -1.68. The lowest BCUT2D eigenvalue weighted by Crippen LogP contribution is -2.36. The number of aromatic nitrogens is 1. The molecule has 0 aliphatic heterocycles.